The van der Waals surface area contributed by atoms with E-state index in [4.69, 9.17) is 14.2 Å². The van der Waals surface area contributed by atoms with E-state index in [2.05, 4.69) is 15.3 Å². The maximum Gasteiger partial charge on any atom is 0.330 e. The minimum absolute atomic E-state index is 0.135. The number of carboxylic acids is 1. The van der Waals surface area contributed by atoms with Crippen LogP contribution in [0.15, 0.2) is 24.3 Å². The average molecular weight is 567 g/mol. The van der Waals surface area contributed by atoms with E-state index in [9.17, 15) is 19.5 Å². The number of hydrogen-bond acceptors (Lipinski definition) is 8. The molecule has 2 N–H and O–H groups in total. The molecule has 2 heterocycles. The molecule has 0 radical (unpaired) electrons. The lowest BCUT2D eigenvalue weighted by molar-refractivity contribution is -0.145. The molecule has 0 saturated heterocycles. The smallest absolute Gasteiger partial charge is 0.330 e. The molecule has 220 valence electrons. The Morgan fingerprint density at radius 1 is 1.20 bits per heavy atom. The van der Waals surface area contributed by atoms with Gasteiger partial charge in [0, 0.05) is 25.1 Å². The number of carbonyl (C=O) groups excluding carboxylic acids is 2. The van der Waals surface area contributed by atoms with Crippen LogP contribution in [0.25, 0.3) is 10.9 Å². The zero-order valence-corrected chi connectivity index (χ0v) is 24.0. The fourth-order valence-electron chi connectivity index (χ4n) is 6.12. The molecule has 0 bridgehead atoms. The van der Waals surface area contributed by atoms with E-state index in [1.54, 1.807) is 19.1 Å². The number of nitrogens with zero attached hydrogens (tertiary/aromatic N) is 3. The summed E-state index contributed by atoms with van der Waals surface area (Å²) in [4.78, 5) is 50.2. The lowest BCUT2D eigenvalue weighted by Gasteiger charge is -2.26. The number of carboxylic acid groups (broad SMARTS) is 1. The molecule has 2 fully saturated rings. The Kier molecular flexibility index (Phi) is 8.06. The van der Waals surface area contributed by atoms with Crippen molar-refractivity contribution in [2.24, 2.45) is 17.8 Å². The number of carbonyl (C=O) groups is 3. The number of methoxy groups -OCH3 is 1. The summed E-state index contributed by atoms with van der Waals surface area (Å²) in [5, 5.41) is 13.5. The normalized spacial score (nSPS) is 28.3. The molecule has 11 nitrogen and oxygen atoms in total. The van der Waals surface area contributed by atoms with E-state index in [-0.39, 0.29) is 24.3 Å². The van der Waals surface area contributed by atoms with Gasteiger partial charge in [0.2, 0.25) is 17.7 Å². The number of rotatable bonds is 6. The molecule has 5 rings (SSSR count). The first-order valence-electron chi connectivity index (χ1n) is 14.3. The number of aliphatic carboxylic acids is 1. The number of amides is 2. The highest BCUT2D eigenvalue weighted by Crippen LogP contribution is 2.46. The zero-order chi connectivity index (χ0) is 29.3. The van der Waals surface area contributed by atoms with Crippen molar-refractivity contribution in [1.82, 2.24) is 20.2 Å². The van der Waals surface area contributed by atoms with Crippen LogP contribution in [0.4, 0.5) is 0 Å². The molecule has 11 heteroatoms. The molecular weight excluding hydrogens is 528 g/mol. The number of nitrogens with one attached hydrogen (secondary N) is 1. The van der Waals surface area contributed by atoms with Gasteiger partial charge in [-0.25, -0.2) is 4.79 Å². The van der Waals surface area contributed by atoms with Crippen molar-refractivity contribution in [3.05, 3.63) is 29.8 Å². The van der Waals surface area contributed by atoms with Gasteiger partial charge in [0.25, 0.3) is 0 Å². The van der Waals surface area contributed by atoms with Gasteiger partial charge in [0.05, 0.1) is 36.5 Å². The van der Waals surface area contributed by atoms with Gasteiger partial charge in [-0.05, 0) is 64.5 Å². The summed E-state index contributed by atoms with van der Waals surface area (Å²) in [6.45, 7) is 4.68. The largest absolute Gasteiger partial charge is 0.496 e. The highest BCUT2D eigenvalue weighted by Gasteiger charge is 2.61. The van der Waals surface area contributed by atoms with E-state index in [1.807, 2.05) is 38.1 Å². The predicted molar refractivity (Wildman–Crippen MR) is 150 cm³/mol. The first kappa shape index (κ1) is 28.6. The lowest BCUT2D eigenvalue weighted by Crippen LogP contribution is -2.49. The molecule has 0 unspecified atom stereocenters. The van der Waals surface area contributed by atoms with Crippen LogP contribution in [-0.4, -0.2) is 76.7 Å². The van der Waals surface area contributed by atoms with Gasteiger partial charge in [-0.15, -0.1) is 0 Å². The Labute approximate surface area is 239 Å². The van der Waals surface area contributed by atoms with Gasteiger partial charge in [0.15, 0.2) is 0 Å². The predicted octanol–water partition coefficient (Wildman–Crippen LogP) is 3.28. The molecule has 2 saturated carbocycles. The Bertz CT molecular complexity index is 1380. The van der Waals surface area contributed by atoms with Gasteiger partial charge in [0.1, 0.15) is 17.4 Å². The number of aromatic nitrogens is 2. The summed E-state index contributed by atoms with van der Waals surface area (Å²) in [5.41, 5.74) is 0.0993. The highest BCUT2D eigenvalue weighted by molar-refractivity contribution is 5.94. The van der Waals surface area contributed by atoms with E-state index in [0.717, 1.165) is 24.8 Å². The van der Waals surface area contributed by atoms with Crippen LogP contribution in [0, 0.1) is 24.7 Å². The Balaban J connectivity index is 1.46. The second-order valence-electron chi connectivity index (χ2n) is 11.2. The van der Waals surface area contributed by atoms with Crippen LogP contribution >= 0.6 is 0 Å². The number of benzene rings is 1. The Morgan fingerprint density at radius 2 is 1.98 bits per heavy atom. The molecule has 2 aliphatic carbocycles. The molecule has 1 aromatic carbocycles. The summed E-state index contributed by atoms with van der Waals surface area (Å²) < 4.78 is 17.5. The number of allylic oxidation sites excluding steroid dienone is 1. The fraction of sp³-hybridized carbons (Fsp3) is 0.567. The van der Waals surface area contributed by atoms with Gasteiger partial charge in [-0.2, -0.15) is 9.97 Å². The molecule has 0 spiro atoms. The first-order valence-corrected chi connectivity index (χ1v) is 14.3. The van der Waals surface area contributed by atoms with Crippen molar-refractivity contribution in [2.75, 3.05) is 27.3 Å². The third-order valence-electron chi connectivity index (χ3n) is 8.56. The van der Waals surface area contributed by atoms with E-state index in [0.29, 0.717) is 48.5 Å². The van der Waals surface area contributed by atoms with Crippen molar-refractivity contribution in [3.8, 4) is 17.6 Å². The van der Waals surface area contributed by atoms with Crippen molar-refractivity contribution in [1.29, 1.82) is 0 Å². The van der Waals surface area contributed by atoms with Crippen LogP contribution in [0.1, 0.15) is 51.0 Å². The van der Waals surface area contributed by atoms with Crippen LogP contribution in [0.2, 0.25) is 0 Å². The van der Waals surface area contributed by atoms with Gasteiger partial charge in [-0.3, -0.25) is 9.59 Å². The van der Waals surface area contributed by atoms with Crippen molar-refractivity contribution in [3.63, 3.8) is 0 Å². The van der Waals surface area contributed by atoms with Crippen molar-refractivity contribution in [2.45, 2.75) is 64.0 Å². The molecule has 2 amide bonds. The summed E-state index contributed by atoms with van der Waals surface area (Å²) in [6, 6.07) is 3.80. The van der Waals surface area contributed by atoms with Crippen LogP contribution in [0.5, 0.6) is 17.6 Å². The minimum Gasteiger partial charge on any atom is -0.496 e. The monoisotopic (exact) mass is 566 g/mol. The van der Waals surface area contributed by atoms with Crippen molar-refractivity contribution >= 4 is 28.7 Å². The summed E-state index contributed by atoms with van der Waals surface area (Å²) in [6.07, 6.45) is 6.78. The molecule has 3 aliphatic rings. The molecular formula is C30H38N4O7. The molecule has 1 aliphatic heterocycles. The SMILES string of the molecule is CCOc1nc(O[C@@H]2C[C@H]3C(=O)N[C@]4(C(=O)O)C[C@H]4C=CCCCCN(C)C(=O)[C@@H]3C2)c2ccc(OC)c(C)c2n1. The summed E-state index contributed by atoms with van der Waals surface area (Å²) >= 11 is 0. The number of hydrogen-bond donors (Lipinski definition) is 2. The Hall–Kier alpha value is -3.89. The second kappa shape index (κ2) is 11.5. The molecule has 1 aromatic heterocycles. The lowest BCUT2D eigenvalue weighted by atomic mass is 9.93. The van der Waals surface area contributed by atoms with Crippen LogP contribution < -0.4 is 19.5 Å². The standard InChI is InChI=1S/C30H38N4O7/c1-5-40-29-31-24-17(2)23(39-4)12-11-20(24)26(32-29)41-19-14-21-22(15-19)27(36)34(3)13-9-7-6-8-10-18-16-30(18,28(37)38)33-25(21)35/h8,10-12,18-19,21-22H,5-7,9,13-16H2,1-4H3,(H,33,35)(H,37,38)/t18-,19-,21-,22-,30-/m1/s1. The quantitative estimate of drug-likeness (QED) is 0.504. The third kappa shape index (κ3) is 5.54. The van der Waals surface area contributed by atoms with Crippen LogP contribution in [0.3, 0.4) is 0 Å². The van der Waals surface area contributed by atoms with E-state index >= 15 is 0 Å². The highest BCUT2D eigenvalue weighted by atomic mass is 16.5. The Morgan fingerprint density at radius 3 is 2.71 bits per heavy atom. The first-order chi connectivity index (χ1) is 19.7. The summed E-state index contributed by atoms with van der Waals surface area (Å²) in [5.74, 6) is -2.30. The third-order valence-corrected chi connectivity index (χ3v) is 8.56. The fourth-order valence-corrected chi connectivity index (χ4v) is 6.12. The minimum atomic E-state index is -1.33. The van der Waals surface area contributed by atoms with Gasteiger partial charge >= 0.3 is 12.0 Å². The van der Waals surface area contributed by atoms with E-state index < -0.39 is 35.4 Å². The van der Waals surface area contributed by atoms with Gasteiger partial charge in [-0.1, -0.05) is 12.2 Å². The van der Waals surface area contributed by atoms with E-state index in [1.165, 1.54) is 0 Å². The number of fused-ring (bicyclic) bond motifs is 3. The van der Waals surface area contributed by atoms with Gasteiger partial charge < -0.3 is 29.5 Å². The number of ether oxygens (including phenoxy) is 3. The maximum absolute atomic E-state index is 13.6. The number of aryl methyl sites for hydroxylation is 1. The maximum atomic E-state index is 13.6. The zero-order valence-electron chi connectivity index (χ0n) is 24.0. The summed E-state index contributed by atoms with van der Waals surface area (Å²) in [7, 11) is 3.35. The average Bonchev–Trinajstić information content (AvgIpc) is 3.48. The van der Waals surface area contributed by atoms with Crippen LogP contribution in [-0.2, 0) is 14.4 Å². The topological polar surface area (TPSA) is 140 Å². The molecule has 2 aromatic rings. The second-order valence-corrected chi connectivity index (χ2v) is 11.2. The van der Waals surface area contributed by atoms with Crippen molar-refractivity contribution < 1.29 is 33.7 Å². The molecule has 5 atom stereocenters. The molecule has 41 heavy (non-hydrogen) atoms.